The molecule has 7 fully saturated rings. The highest BCUT2D eigenvalue weighted by Crippen LogP contribution is 2.73. The molecule has 7 saturated carbocycles. The number of carbonyl (C=O) groups excluding carboxylic acids is 1. The van der Waals surface area contributed by atoms with Crippen molar-refractivity contribution in [3.05, 3.63) is 52.7 Å². The van der Waals surface area contributed by atoms with Gasteiger partial charge >= 0.3 is 0 Å². The van der Waals surface area contributed by atoms with E-state index in [1.165, 1.54) is 64.2 Å². The van der Waals surface area contributed by atoms with Crippen LogP contribution in [0, 0.1) is 74.9 Å². The monoisotopic (exact) mass is 779 g/mol. The number of aromatic nitrogens is 2. The Bertz CT molecular complexity index is 1930. The van der Waals surface area contributed by atoms with Crippen molar-refractivity contribution in [2.24, 2.45) is 74.9 Å². The minimum atomic E-state index is -1.11. The molecule has 0 aromatic carbocycles. The van der Waals surface area contributed by atoms with Gasteiger partial charge in [-0.3, -0.25) is 4.79 Å². The molecule has 2 bridgehead atoms. The van der Waals surface area contributed by atoms with Gasteiger partial charge in [0.05, 0.1) is 30.2 Å². The van der Waals surface area contributed by atoms with Crippen LogP contribution in [0.4, 0.5) is 0 Å². The average molecular weight is 779 g/mol. The predicted octanol–water partition coefficient (Wildman–Crippen LogP) is 8.51. The summed E-state index contributed by atoms with van der Waals surface area (Å²) in [4.78, 5) is 18.4. The van der Waals surface area contributed by atoms with Gasteiger partial charge in [-0.15, -0.1) is 0 Å². The third-order valence-electron chi connectivity index (χ3n) is 20.5. The van der Waals surface area contributed by atoms with E-state index in [2.05, 4.69) is 43.4 Å². The molecule has 16 unspecified atom stereocenters. The Morgan fingerprint density at radius 2 is 1.75 bits per heavy atom. The SMILES string of the molecule is CC(C)(CCn1ccnc1)C1=C2CC3CCC4CCCC4(C3)C2C2=C3C(CCC2)CC(C2CCC4(O)C5=CC(=O)C6CC(O)C(O)CC6(C)C5CCC24C)C(O)C31. The first-order valence-electron chi connectivity index (χ1n) is 23.6. The van der Waals surface area contributed by atoms with E-state index in [9.17, 15) is 25.2 Å². The molecule has 16 atom stereocenters. The lowest BCUT2D eigenvalue weighted by Crippen LogP contribution is -2.61. The Kier molecular flexibility index (Phi) is 8.47. The third-order valence-corrected chi connectivity index (χ3v) is 20.5. The number of hydrogen-bond acceptors (Lipinski definition) is 6. The highest BCUT2D eigenvalue weighted by Gasteiger charge is 2.69. The molecule has 57 heavy (non-hydrogen) atoms. The zero-order valence-corrected chi connectivity index (χ0v) is 35.3. The molecule has 1 heterocycles. The van der Waals surface area contributed by atoms with E-state index >= 15 is 0 Å². The normalized spacial score (nSPS) is 50.0. The van der Waals surface area contributed by atoms with E-state index in [0.29, 0.717) is 36.5 Å². The van der Waals surface area contributed by atoms with Crippen LogP contribution in [-0.4, -0.2) is 59.7 Å². The second kappa shape index (κ2) is 12.7. The van der Waals surface area contributed by atoms with Gasteiger partial charge in [-0.25, -0.2) is 4.98 Å². The second-order valence-corrected chi connectivity index (χ2v) is 23.1. The zero-order chi connectivity index (χ0) is 39.4. The largest absolute Gasteiger partial charge is 0.392 e. The number of nitrogens with zero attached hydrogens (tertiary/aromatic N) is 2. The van der Waals surface area contributed by atoms with Gasteiger partial charge in [0, 0.05) is 42.1 Å². The van der Waals surface area contributed by atoms with Crippen LogP contribution in [0.2, 0.25) is 0 Å². The fourth-order valence-electron chi connectivity index (χ4n) is 18.1. The summed E-state index contributed by atoms with van der Waals surface area (Å²) in [6.45, 7) is 10.4. The first kappa shape index (κ1) is 37.9. The quantitative estimate of drug-likeness (QED) is 0.223. The maximum atomic E-state index is 14.0. The van der Waals surface area contributed by atoms with Crippen LogP contribution < -0.4 is 0 Å². The summed E-state index contributed by atoms with van der Waals surface area (Å²) in [7, 11) is 0. The molecule has 10 aliphatic rings. The van der Waals surface area contributed by atoms with Crippen LogP contribution in [0.5, 0.6) is 0 Å². The van der Waals surface area contributed by atoms with Gasteiger partial charge in [-0.05, 0) is 173 Å². The van der Waals surface area contributed by atoms with Crippen molar-refractivity contribution in [2.45, 2.75) is 174 Å². The third kappa shape index (κ3) is 5.04. The highest BCUT2D eigenvalue weighted by molar-refractivity contribution is 5.95. The number of aliphatic hydroxyl groups is 4. The van der Waals surface area contributed by atoms with Gasteiger partial charge in [-0.1, -0.05) is 56.4 Å². The van der Waals surface area contributed by atoms with Crippen molar-refractivity contribution in [1.82, 2.24) is 9.55 Å². The summed E-state index contributed by atoms with van der Waals surface area (Å²) in [6.07, 6.45) is 24.8. The molecule has 0 aliphatic heterocycles. The molecule has 1 aromatic rings. The van der Waals surface area contributed by atoms with Gasteiger partial charge in [-0.2, -0.15) is 0 Å². The Morgan fingerprint density at radius 1 is 0.912 bits per heavy atom. The van der Waals surface area contributed by atoms with Crippen molar-refractivity contribution < 1.29 is 25.2 Å². The number of carbonyl (C=O) groups is 1. The number of allylic oxidation sites excluding steroid dienone is 3. The lowest BCUT2D eigenvalue weighted by Gasteiger charge is -2.63. The first-order valence-corrected chi connectivity index (χ1v) is 23.6. The van der Waals surface area contributed by atoms with Gasteiger partial charge in [0.15, 0.2) is 5.78 Å². The molecule has 1 spiro atoms. The second-order valence-electron chi connectivity index (χ2n) is 23.1. The summed E-state index contributed by atoms with van der Waals surface area (Å²) < 4.78 is 2.24. The maximum absolute atomic E-state index is 14.0. The van der Waals surface area contributed by atoms with E-state index in [-0.39, 0.29) is 40.8 Å². The van der Waals surface area contributed by atoms with E-state index in [0.717, 1.165) is 56.1 Å². The smallest absolute Gasteiger partial charge is 0.159 e. The van der Waals surface area contributed by atoms with Crippen LogP contribution in [0.15, 0.2) is 52.7 Å². The molecule has 310 valence electrons. The van der Waals surface area contributed by atoms with Crippen LogP contribution in [0.3, 0.4) is 0 Å². The number of aliphatic hydroxyl groups excluding tert-OH is 3. The fraction of sp³-hybridized carbons (Fsp3) is 0.800. The Morgan fingerprint density at radius 3 is 2.56 bits per heavy atom. The molecular weight excluding hydrogens is 709 g/mol. The number of rotatable bonds is 5. The lowest BCUT2D eigenvalue weighted by atomic mass is 9.42. The van der Waals surface area contributed by atoms with Crippen LogP contribution in [0.25, 0.3) is 0 Å². The van der Waals surface area contributed by atoms with Crippen molar-refractivity contribution in [3.63, 3.8) is 0 Å². The molecule has 11 rings (SSSR count). The maximum Gasteiger partial charge on any atom is 0.159 e. The summed E-state index contributed by atoms with van der Waals surface area (Å²) in [5.41, 5.74) is 6.04. The Hall–Kier alpha value is -2.06. The number of aryl methyl sites for hydroxylation is 1. The number of ketones is 1. The van der Waals surface area contributed by atoms with Crippen LogP contribution >= 0.6 is 0 Å². The van der Waals surface area contributed by atoms with Gasteiger partial charge in [0.25, 0.3) is 0 Å². The molecule has 0 saturated heterocycles. The molecule has 10 aliphatic carbocycles. The lowest BCUT2D eigenvalue weighted by molar-refractivity contribution is -0.156. The number of fused-ring (bicyclic) bond motifs is 8. The predicted molar refractivity (Wildman–Crippen MR) is 219 cm³/mol. The Balaban J connectivity index is 0.998. The zero-order valence-electron chi connectivity index (χ0n) is 35.3. The number of imidazole rings is 1. The molecule has 7 heteroatoms. The molecule has 7 nitrogen and oxygen atoms in total. The van der Waals surface area contributed by atoms with Crippen LogP contribution in [-0.2, 0) is 11.3 Å². The molecule has 1 aromatic heterocycles. The average Bonchev–Trinajstić information content (AvgIpc) is 3.91. The van der Waals surface area contributed by atoms with E-state index in [1.807, 2.05) is 12.5 Å². The molecule has 0 radical (unpaired) electrons. The topological polar surface area (TPSA) is 116 Å². The van der Waals surface area contributed by atoms with Gasteiger partial charge < -0.3 is 25.0 Å². The first-order chi connectivity index (χ1) is 27.2. The Labute approximate surface area is 340 Å². The summed E-state index contributed by atoms with van der Waals surface area (Å²) in [6, 6.07) is 0. The highest BCUT2D eigenvalue weighted by atomic mass is 16.3. The van der Waals surface area contributed by atoms with Gasteiger partial charge in [0.2, 0.25) is 0 Å². The standard InChI is InChI=1S/C50H70N2O5/c1-46(2,17-19-52-20-18-51-27-52)44-33-21-28-10-11-30-8-6-14-49(30,25-28)43(33)31-9-5-7-29-22-32(45(56)42(44)41(29)31)34-13-16-50(57)36-23-38(53)37-24-39(54)40(55)26-47(37,3)35(36)12-15-48(34,50)4/h18,20,23,27-30,32,34-35,37,39-40,42-43,45,54-57H,5-17,19,21-22,24-26H2,1-4H3. The minimum Gasteiger partial charge on any atom is -0.392 e. The fourth-order valence-corrected chi connectivity index (χ4v) is 18.1. The summed E-state index contributed by atoms with van der Waals surface area (Å²) in [5.74, 6) is 2.70. The van der Waals surface area contributed by atoms with Gasteiger partial charge in [0.1, 0.15) is 0 Å². The van der Waals surface area contributed by atoms with Crippen molar-refractivity contribution in [2.75, 3.05) is 0 Å². The van der Waals surface area contributed by atoms with Crippen molar-refractivity contribution >= 4 is 5.78 Å². The van der Waals surface area contributed by atoms with E-state index in [4.69, 9.17) is 0 Å². The minimum absolute atomic E-state index is 0.0124. The van der Waals surface area contributed by atoms with E-state index in [1.54, 1.807) is 28.4 Å². The molecular formula is C50H70N2O5. The summed E-state index contributed by atoms with van der Waals surface area (Å²) >= 11 is 0. The molecule has 0 amide bonds. The van der Waals surface area contributed by atoms with E-state index < -0.39 is 34.7 Å². The van der Waals surface area contributed by atoms with Crippen molar-refractivity contribution in [3.8, 4) is 0 Å². The number of hydrogen-bond donors (Lipinski definition) is 4. The molecule has 4 N–H and O–H groups in total. The van der Waals surface area contributed by atoms with Crippen LogP contribution in [0.1, 0.15) is 143 Å². The van der Waals surface area contributed by atoms with Crippen molar-refractivity contribution in [1.29, 1.82) is 0 Å². The summed E-state index contributed by atoms with van der Waals surface area (Å²) in [5, 5.41) is 48.2.